The quantitative estimate of drug-likeness (QED) is 0.482. The van der Waals surface area contributed by atoms with Gasteiger partial charge in [-0.2, -0.15) is 0 Å². The first-order valence-electron chi connectivity index (χ1n) is 3.40. The molecule has 2 N–H and O–H groups in total. The highest BCUT2D eigenvalue weighted by Gasteiger charge is 1.89. The van der Waals surface area contributed by atoms with Gasteiger partial charge < -0.3 is 5.73 Å². The van der Waals surface area contributed by atoms with Crippen LogP contribution in [0.5, 0.6) is 0 Å². The second-order valence-electron chi connectivity index (χ2n) is 2.09. The molecule has 0 saturated carbocycles. The van der Waals surface area contributed by atoms with Crippen LogP contribution >= 0.6 is 0 Å². The zero-order valence-electron chi connectivity index (χ0n) is 7.04. The minimum atomic E-state index is 0.998. The number of allylic oxidation sites excluding steroid dienone is 4. The Hall–Kier alpha value is -1.31. The summed E-state index contributed by atoms with van der Waals surface area (Å²) >= 11 is 0. The average molecular weight is 150 g/mol. The Morgan fingerprint density at radius 3 is 2.55 bits per heavy atom. The number of nitrogens with two attached hydrogens (primary N) is 1. The monoisotopic (exact) mass is 150 g/mol. The molecule has 0 rings (SSSR count). The highest BCUT2D eigenvalue weighted by atomic mass is 14.6. The molecule has 2 heteroatoms. The Labute approximate surface area is 67.8 Å². The van der Waals surface area contributed by atoms with Crippen molar-refractivity contribution in [3.8, 4) is 0 Å². The van der Waals surface area contributed by atoms with Crippen molar-refractivity contribution in [2.75, 3.05) is 7.05 Å². The van der Waals surface area contributed by atoms with Crippen molar-refractivity contribution in [3.05, 3.63) is 36.1 Å². The zero-order valence-corrected chi connectivity index (χ0v) is 7.04. The Morgan fingerprint density at radius 2 is 2.18 bits per heavy atom. The average Bonchev–Trinajstić information content (AvgIpc) is 2.00. The van der Waals surface area contributed by atoms with Gasteiger partial charge in [0.1, 0.15) is 0 Å². The molecule has 0 aliphatic carbocycles. The highest BCUT2D eigenvalue weighted by Crippen LogP contribution is 2.03. The van der Waals surface area contributed by atoms with Gasteiger partial charge in [-0.05, 0) is 30.3 Å². The van der Waals surface area contributed by atoms with Crippen LogP contribution in [-0.4, -0.2) is 13.3 Å². The molecule has 0 aromatic rings. The van der Waals surface area contributed by atoms with Crippen LogP contribution in [0.2, 0.25) is 0 Å². The molecule has 0 aromatic heterocycles. The Balaban J connectivity index is 4.66. The SMILES string of the molecule is C=CC(/C=C/N)=C(C)/C=N\C. The van der Waals surface area contributed by atoms with Crippen LogP contribution in [0.4, 0.5) is 0 Å². The topological polar surface area (TPSA) is 38.4 Å². The van der Waals surface area contributed by atoms with E-state index >= 15 is 0 Å². The summed E-state index contributed by atoms with van der Waals surface area (Å²) in [5, 5.41) is 0. The summed E-state index contributed by atoms with van der Waals surface area (Å²) in [6.07, 6.45) is 6.81. The first-order chi connectivity index (χ1) is 5.26. The van der Waals surface area contributed by atoms with Crippen LogP contribution < -0.4 is 5.73 Å². The molecule has 60 valence electrons. The molecule has 0 amide bonds. The van der Waals surface area contributed by atoms with Gasteiger partial charge in [0, 0.05) is 13.3 Å². The number of hydrogen-bond donors (Lipinski definition) is 1. The predicted molar refractivity (Wildman–Crippen MR) is 50.6 cm³/mol. The van der Waals surface area contributed by atoms with Crippen molar-refractivity contribution in [3.63, 3.8) is 0 Å². The summed E-state index contributed by atoms with van der Waals surface area (Å²) in [5.74, 6) is 0. The maximum Gasteiger partial charge on any atom is 0.0277 e. The van der Waals surface area contributed by atoms with E-state index in [0.29, 0.717) is 0 Å². The van der Waals surface area contributed by atoms with Gasteiger partial charge in [-0.15, -0.1) is 0 Å². The Morgan fingerprint density at radius 1 is 1.55 bits per heavy atom. The molecule has 0 unspecified atom stereocenters. The van der Waals surface area contributed by atoms with Crippen molar-refractivity contribution >= 4 is 6.21 Å². The summed E-state index contributed by atoms with van der Waals surface area (Å²) in [6.45, 7) is 5.62. The van der Waals surface area contributed by atoms with Gasteiger partial charge in [-0.3, -0.25) is 4.99 Å². The van der Waals surface area contributed by atoms with E-state index in [1.807, 2.05) is 6.92 Å². The van der Waals surface area contributed by atoms with Crippen LogP contribution in [0.25, 0.3) is 0 Å². The largest absolute Gasteiger partial charge is 0.405 e. The van der Waals surface area contributed by atoms with E-state index in [1.165, 1.54) is 6.20 Å². The molecule has 0 aromatic carbocycles. The van der Waals surface area contributed by atoms with E-state index in [-0.39, 0.29) is 0 Å². The number of hydrogen-bond acceptors (Lipinski definition) is 2. The maximum absolute atomic E-state index is 5.23. The van der Waals surface area contributed by atoms with E-state index in [4.69, 9.17) is 5.73 Å². The fourth-order valence-electron chi connectivity index (χ4n) is 0.732. The molecule has 0 saturated heterocycles. The summed E-state index contributed by atoms with van der Waals surface area (Å²) < 4.78 is 0. The summed E-state index contributed by atoms with van der Waals surface area (Å²) in [4.78, 5) is 3.88. The van der Waals surface area contributed by atoms with E-state index in [0.717, 1.165) is 11.1 Å². The second kappa shape index (κ2) is 5.47. The Bertz CT molecular complexity index is 210. The molecule has 0 aliphatic rings. The molecule has 0 fully saturated rings. The van der Waals surface area contributed by atoms with Crippen molar-refractivity contribution in [1.82, 2.24) is 0 Å². The lowest BCUT2D eigenvalue weighted by molar-refractivity contribution is 1.42. The molecule has 0 heterocycles. The smallest absolute Gasteiger partial charge is 0.0277 e. The van der Waals surface area contributed by atoms with Gasteiger partial charge >= 0.3 is 0 Å². The summed E-state index contributed by atoms with van der Waals surface area (Å²) in [5.41, 5.74) is 7.29. The summed E-state index contributed by atoms with van der Waals surface area (Å²) in [6, 6.07) is 0. The van der Waals surface area contributed by atoms with Crippen molar-refractivity contribution < 1.29 is 0 Å². The highest BCUT2D eigenvalue weighted by molar-refractivity contribution is 5.80. The third-order valence-electron chi connectivity index (χ3n) is 1.27. The van der Waals surface area contributed by atoms with Gasteiger partial charge in [0.2, 0.25) is 0 Å². The zero-order chi connectivity index (χ0) is 8.69. The summed E-state index contributed by atoms with van der Waals surface area (Å²) in [7, 11) is 1.73. The van der Waals surface area contributed by atoms with Crippen LogP contribution in [-0.2, 0) is 0 Å². The fourth-order valence-corrected chi connectivity index (χ4v) is 0.732. The van der Waals surface area contributed by atoms with Crippen LogP contribution in [0.3, 0.4) is 0 Å². The maximum atomic E-state index is 5.23. The van der Waals surface area contributed by atoms with Crippen molar-refractivity contribution in [2.24, 2.45) is 10.7 Å². The molecular weight excluding hydrogens is 136 g/mol. The van der Waals surface area contributed by atoms with Crippen molar-refractivity contribution in [2.45, 2.75) is 6.92 Å². The van der Waals surface area contributed by atoms with Crippen molar-refractivity contribution in [1.29, 1.82) is 0 Å². The van der Waals surface area contributed by atoms with Crippen LogP contribution in [0, 0.1) is 0 Å². The van der Waals surface area contributed by atoms with Gasteiger partial charge in [0.15, 0.2) is 0 Å². The molecular formula is C9H14N2. The Kier molecular flexibility index (Phi) is 4.82. The molecule has 0 spiro atoms. The lowest BCUT2D eigenvalue weighted by Gasteiger charge is -1.95. The van der Waals surface area contributed by atoms with Gasteiger partial charge in [-0.1, -0.05) is 12.7 Å². The minimum Gasteiger partial charge on any atom is -0.405 e. The number of rotatable bonds is 3. The second-order valence-corrected chi connectivity index (χ2v) is 2.09. The van der Waals surface area contributed by atoms with E-state index in [2.05, 4.69) is 11.6 Å². The normalized spacial score (nSPS) is 14.0. The molecule has 0 radical (unpaired) electrons. The minimum absolute atomic E-state index is 0.998. The first kappa shape index (κ1) is 9.69. The van der Waals surface area contributed by atoms with E-state index in [9.17, 15) is 0 Å². The van der Waals surface area contributed by atoms with Gasteiger partial charge in [-0.25, -0.2) is 0 Å². The number of nitrogens with zero attached hydrogens (tertiary/aromatic N) is 1. The molecule has 0 atom stereocenters. The lowest BCUT2D eigenvalue weighted by Crippen LogP contribution is -1.85. The molecule has 2 nitrogen and oxygen atoms in total. The molecule has 0 aliphatic heterocycles. The van der Waals surface area contributed by atoms with Crippen LogP contribution in [0.1, 0.15) is 6.92 Å². The number of aliphatic imine (C=N–C) groups is 1. The fraction of sp³-hybridized carbons (Fsp3) is 0.222. The van der Waals surface area contributed by atoms with E-state index in [1.54, 1.807) is 25.4 Å². The standard InChI is InChI=1S/C9H14N2/c1-4-9(5-6-10)8(2)7-11-3/h4-7H,1,10H2,2-3H3/b6-5+,9-8-,11-7-. The predicted octanol–water partition coefficient (Wildman–Crippen LogP) is 1.66. The molecule has 11 heavy (non-hydrogen) atoms. The third-order valence-corrected chi connectivity index (χ3v) is 1.27. The third kappa shape index (κ3) is 3.40. The van der Waals surface area contributed by atoms with Crippen LogP contribution in [0.15, 0.2) is 41.1 Å². The van der Waals surface area contributed by atoms with Gasteiger partial charge in [0.25, 0.3) is 0 Å². The molecule has 0 bridgehead atoms. The lowest BCUT2D eigenvalue weighted by atomic mass is 10.1. The first-order valence-corrected chi connectivity index (χ1v) is 3.40. The van der Waals surface area contributed by atoms with E-state index < -0.39 is 0 Å². The van der Waals surface area contributed by atoms with Gasteiger partial charge in [0.05, 0.1) is 0 Å².